The summed E-state index contributed by atoms with van der Waals surface area (Å²) in [5, 5.41) is 11.9. The molecule has 0 spiro atoms. The Morgan fingerprint density at radius 1 is 0.929 bits per heavy atom. The second-order valence-corrected chi connectivity index (χ2v) is 7.68. The molecule has 1 N–H and O–H groups in total. The van der Waals surface area contributed by atoms with Crippen LogP contribution in [-0.4, -0.2) is 20.7 Å². The Hall–Kier alpha value is -2.95. The number of aryl methyl sites for hydroxylation is 4. The van der Waals surface area contributed by atoms with E-state index >= 15 is 0 Å². The van der Waals surface area contributed by atoms with Crippen LogP contribution in [0, 0.1) is 20.8 Å². The normalized spacial score (nSPS) is 13.7. The Labute approximate surface area is 165 Å². The molecule has 28 heavy (non-hydrogen) atoms. The molecule has 144 valence electrons. The maximum absolute atomic E-state index is 12.8. The van der Waals surface area contributed by atoms with Gasteiger partial charge >= 0.3 is 0 Å². The first-order valence-corrected chi connectivity index (χ1v) is 9.94. The molecule has 0 saturated carbocycles. The fourth-order valence-corrected chi connectivity index (χ4v) is 3.67. The summed E-state index contributed by atoms with van der Waals surface area (Å²) in [5.74, 6) is 1.86. The molecule has 1 aliphatic rings. The third-order valence-corrected chi connectivity index (χ3v) is 5.62. The molecule has 1 aromatic heterocycles. The number of fused-ring (bicyclic) bond motifs is 1. The number of anilines is 1. The number of hydrogen-bond donors (Lipinski definition) is 1. The summed E-state index contributed by atoms with van der Waals surface area (Å²) in [5.41, 5.74) is 5.79. The minimum absolute atomic E-state index is 0.0941. The molecule has 2 aromatic carbocycles. The van der Waals surface area contributed by atoms with Gasteiger partial charge in [0.05, 0.1) is 0 Å². The number of carbonyl (C=O) groups excluding carboxylic acids is 1. The highest BCUT2D eigenvalue weighted by Gasteiger charge is 2.17. The molecule has 0 atom stereocenters. The third-order valence-electron chi connectivity index (χ3n) is 5.62. The lowest BCUT2D eigenvalue weighted by Crippen LogP contribution is -2.13. The minimum atomic E-state index is -0.0941. The smallest absolute Gasteiger partial charge is 0.255 e. The van der Waals surface area contributed by atoms with Crippen molar-refractivity contribution < 1.29 is 4.79 Å². The highest BCUT2D eigenvalue weighted by molar-refractivity contribution is 6.05. The van der Waals surface area contributed by atoms with E-state index in [1.165, 1.54) is 18.4 Å². The number of hydrogen-bond acceptors (Lipinski definition) is 3. The van der Waals surface area contributed by atoms with Crippen molar-refractivity contribution in [3.8, 4) is 11.4 Å². The van der Waals surface area contributed by atoms with Gasteiger partial charge in [-0.25, -0.2) is 0 Å². The lowest BCUT2D eigenvalue weighted by Gasteiger charge is -2.12. The van der Waals surface area contributed by atoms with Gasteiger partial charge in [0.15, 0.2) is 5.82 Å². The summed E-state index contributed by atoms with van der Waals surface area (Å²) in [6.45, 7) is 7.03. The van der Waals surface area contributed by atoms with Gasteiger partial charge < -0.3 is 9.88 Å². The zero-order valence-electron chi connectivity index (χ0n) is 16.7. The van der Waals surface area contributed by atoms with E-state index in [9.17, 15) is 4.79 Å². The van der Waals surface area contributed by atoms with Gasteiger partial charge in [-0.05, 0) is 68.5 Å². The second-order valence-electron chi connectivity index (χ2n) is 7.68. The van der Waals surface area contributed by atoms with E-state index in [0.717, 1.165) is 53.4 Å². The van der Waals surface area contributed by atoms with Crippen LogP contribution in [0.3, 0.4) is 0 Å². The molecule has 1 amide bonds. The summed E-state index contributed by atoms with van der Waals surface area (Å²) < 4.78 is 2.23. The quantitative estimate of drug-likeness (QED) is 0.713. The van der Waals surface area contributed by atoms with Gasteiger partial charge in [0.1, 0.15) is 5.82 Å². The molecule has 0 bridgehead atoms. The molecule has 1 aliphatic heterocycles. The Morgan fingerprint density at radius 2 is 1.75 bits per heavy atom. The predicted octanol–water partition coefficient (Wildman–Crippen LogP) is 4.85. The number of benzene rings is 2. The van der Waals surface area contributed by atoms with E-state index in [-0.39, 0.29) is 5.91 Å². The lowest BCUT2D eigenvalue weighted by atomic mass is 10.1. The Kier molecular flexibility index (Phi) is 4.99. The maximum atomic E-state index is 12.8. The predicted molar refractivity (Wildman–Crippen MR) is 112 cm³/mol. The Balaban J connectivity index is 1.64. The van der Waals surface area contributed by atoms with Crippen LogP contribution < -0.4 is 5.32 Å². The van der Waals surface area contributed by atoms with Crippen LogP contribution in [-0.2, 0) is 13.0 Å². The average Bonchev–Trinajstić information content (AvgIpc) is 2.94. The standard InChI is InChI=1S/C23H26N4O/c1-15-8-11-19(13-17(15)3)23(28)24-20-14-18(10-9-16(20)2)22-26-25-21-7-5-4-6-12-27(21)22/h8-11,13-14H,4-7,12H2,1-3H3,(H,24,28). The number of rotatable bonds is 3. The van der Waals surface area contributed by atoms with E-state index in [4.69, 9.17) is 0 Å². The molecule has 0 fully saturated rings. The van der Waals surface area contributed by atoms with Crippen molar-refractivity contribution in [1.82, 2.24) is 14.8 Å². The lowest BCUT2D eigenvalue weighted by molar-refractivity contribution is 0.102. The van der Waals surface area contributed by atoms with Gasteiger partial charge in [-0.3, -0.25) is 4.79 Å². The van der Waals surface area contributed by atoms with Crippen molar-refractivity contribution in [3.05, 3.63) is 64.5 Å². The van der Waals surface area contributed by atoms with Crippen molar-refractivity contribution in [3.63, 3.8) is 0 Å². The third kappa shape index (κ3) is 3.57. The van der Waals surface area contributed by atoms with Crippen LogP contribution in [0.2, 0.25) is 0 Å². The SMILES string of the molecule is Cc1ccc(C(=O)Nc2cc(-c3nnc4n3CCCCC4)ccc2C)cc1C. The van der Waals surface area contributed by atoms with Crippen molar-refractivity contribution in [1.29, 1.82) is 0 Å². The fraction of sp³-hybridized carbons (Fsp3) is 0.348. The Morgan fingerprint density at radius 3 is 2.57 bits per heavy atom. The molecular formula is C23H26N4O. The number of carbonyl (C=O) groups is 1. The van der Waals surface area contributed by atoms with Crippen molar-refractivity contribution in [2.45, 2.75) is 53.0 Å². The number of nitrogens with zero attached hydrogens (tertiary/aromatic N) is 3. The van der Waals surface area contributed by atoms with Gasteiger partial charge in [0, 0.05) is 29.8 Å². The Bertz CT molecular complexity index is 1040. The summed E-state index contributed by atoms with van der Waals surface area (Å²) in [6.07, 6.45) is 4.53. The molecule has 2 heterocycles. The van der Waals surface area contributed by atoms with Crippen molar-refractivity contribution >= 4 is 11.6 Å². The van der Waals surface area contributed by atoms with E-state index in [2.05, 4.69) is 26.1 Å². The zero-order valence-corrected chi connectivity index (χ0v) is 16.7. The van der Waals surface area contributed by atoms with Crippen LogP contribution in [0.5, 0.6) is 0 Å². The van der Waals surface area contributed by atoms with Gasteiger partial charge in [-0.1, -0.05) is 24.6 Å². The largest absolute Gasteiger partial charge is 0.322 e. The number of amides is 1. The minimum Gasteiger partial charge on any atom is -0.322 e. The molecule has 4 rings (SSSR count). The zero-order chi connectivity index (χ0) is 19.7. The van der Waals surface area contributed by atoms with Crippen LogP contribution >= 0.6 is 0 Å². The van der Waals surface area contributed by atoms with E-state index < -0.39 is 0 Å². The first-order chi connectivity index (χ1) is 13.5. The molecule has 0 radical (unpaired) electrons. The summed E-state index contributed by atoms with van der Waals surface area (Å²) in [4.78, 5) is 12.8. The second kappa shape index (κ2) is 7.58. The van der Waals surface area contributed by atoms with Gasteiger partial charge in [0.25, 0.3) is 5.91 Å². The van der Waals surface area contributed by atoms with Crippen LogP contribution in [0.4, 0.5) is 5.69 Å². The monoisotopic (exact) mass is 374 g/mol. The highest BCUT2D eigenvalue weighted by Crippen LogP contribution is 2.27. The highest BCUT2D eigenvalue weighted by atomic mass is 16.1. The molecular weight excluding hydrogens is 348 g/mol. The van der Waals surface area contributed by atoms with Crippen molar-refractivity contribution in [2.75, 3.05) is 5.32 Å². The molecule has 0 unspecified atom stereocenters. The van der Waals surface area contributed by atoms with E-state index in [0.29, 0.717) is 5.56 Å². The summed E-state index contributed by atoms with van der Waals surface area (Å²) >= 11 is 0. The molecule has 5 heteroatoms. The number of aromatic nitrogens is 3. The van der Waals surface area contributed by atoms with Crippen LogP contribution in [0.25, 0.3) is 11.4 Å². The topological polar surface area (TPSA) is 59.8 Å². The van der Waals surface area contributed by atoms with Gasteiger partial charge in [-0.15, -0.1) is 10.2 Å². The molecule has 0 saturated heterocycles. The maximum Gasteiger partial charge on any atom is 0.255 e. The summed E-state index contributed by atoms with van der Waals surface area (Å²) in [6, 6.07) is 11.9. The van der Waals surface area contributed by atoms with Crippen molar-refractivity contribution in [2.24, 2.45) is 0 Å². The summed E-state index contributed by atoms with van der Waals surface area (Å²) in [7, 11) is 0. The first kappa shape index (κ1) is 18.4. The first-order valence-electron chi connectivity index (χ1n) is 9.94. The van der Waals surface area contributed by atoms with Crippen LogP contribution in [0.15, 0.2) is 36.4 Å². The van der Waals surface area contributed by atoms with E-state index in [1.807, 2.05) is 51.1 Å². The molecule has 5 nitrogen and oxygen atoms in total. The van der Waals surface area contributed by atoms with E-state index in [1.54, 1.807) is 0 Å². The number of nitrogens with one attached hydrogen (secondary N) is 1. The van der Waals surface area contributed by atoms with Crippen LogP contribution in [0.1, 0.15) is 52.1 Å². The molecule has 0 aliphatic carbocycles. The average molecular weight is 374 g/mol. The fourth-order valence-electron chi connectivity index (χ4n) is 3.67. The van der Waals surface area contributed by atoms with Gasteiger partial charge in [0.2, 0.25) is 0 Å². The van der Waals surface area contributed by atoms with Gasteiger partial charge in [-0.2, -0.15) is 0 Å². The molecule has 3 aromatic rings.